The van der Waals surface area contributed by atoms with Crippen LogP contribution in [0.15, 0.2) is 47.4 Å². The highest BCUT2D eigenvalue weighted by Crippen LogP contribution is 2.22. The minimum absolute atomic E-state index is 0.0243. The van der Waals surface area contributed by atoms with Crippen LogP contribution in [0.2, 0.25) is 5.02 Å². The van der Waals surface area contributed by atoms with Crippen molar-refractivity contribution in [2.45, 2.75) is 32.9 Å². The van der Waals surface area contributed by atoms with Crippen molar-refractivity contribution in [2.24, 2.45) is 5.92 Å². The van der Waals surface area contributed by atoms with E-state index in [1.165, 1.54) is 0 Å². The third-order valence-corrected chi connectivity index (χ3v) is 5.95. The van der Waals surface area contributed by atoms with E-state index in [0.717, 1.165) is 5.56 Å². The molecule has 0 aliphatic carbocycles. The molecule has 1 N–H and O–H groups in total. The molecule has 4 rings (SSSR count). The van der Waals surface area contributed by atoms with Gasteiger partial charge in [-0.15, -0.1) is 0 Å². The van der Waals surface area contributed by atoms with Crippen molar-refractivity contribution in [3.8, 4) is 0 Å². The minimum Gasteiger partial charge on any atom is -0.352 e. The Morgan fingerprint density at radius 2 is 1.97 bits per heavy atom. The molecule has 3 aromatic rings. The first-order valence-electron chi connectivity index (χ1n) is 10.2. The lowest BCUT2D eigenvalue weighted by Gasteiger charge is -2.32. The summed E-state index contributed by atoms with van der Waals surface area (Å²) in [6.45, 7) is 4.10. The van der Waals surface area contributed by atoms with Crippen molar-refractivity contribution in [3.63, 3.8) is 0 Å². The number of aromatic nitrogens is 3. The van der Waals surface area contributed by atoms with E-state index >= 15 is 0 Å². The van der Waals surface area contributed by atoms with Gasteiger partial charge in [-0.05, 0) is 43.5 Å². The number of anilines is 1. The summed E-state index contributed by atoms with van der Waals surface area (Å²) in [6, 6.07) is 11.2. The van der Waals surface area contributed by atoms with Crippen molar-refractivity contribution < 1.29 is 4.79 Å². The van der Waals surface area contributed by atoms with Gasteiger partial charge in [-0.3, -0.25) is 14.2 Å². The monoisotopic (exact) mass is 425 g/mol. The van der Waals surface area contributed by atoms with E-state index < -0.39 is 0 Å². The summed E-state index contributed by atoms with van der Waals surface area (Å²) in [7, 11) is 0. The molecule has 2 aromatic heterocycles. The van der Waals surface area contributed by atoms with Crippen LogP contribution in [0.4, 0.5) is 5.82 Å². The van der Waals surface area contributed by atoms with Crippen LogP contribution < -0.4 is 15.8 Å². The largest absolute Gasteiger partial charge is 0.352 e. The van der Waals surface area contributed by atoms with Crippen LogP contribution in [-0.4, -0.2) is 33.5 Å². The Kier molecular flexibility index (Phi) is 5.99. The Morgan fingerprint density at radius 3 is 2.70 bits per heavy atom. The number of nitrogens with zero attached hydrogens (tertiary/aromatic N) is 4. The third kappa shape index (κ3) is 4.03. The molecule has 30 heavy (non-hydrogen) atoms. The summed E-state index contributed by atoms with van der Waals surface area (Å²) in [5.41, 5.74) is 2.07. The van der Waals surface area contributed by atoms with E-state index in [-0.39, 0.29) is 17.4 Å². The van der Waals surface area contributed by atoms with Crippen molar-refractivity contribution in [1.29, 1.82) is 0 Å². The lowest BCUT2D eigenvalue weighted by Crippen LogP contribution is -2.43. The van der Waals surface area contributed by atoms with Gasteiger partial charge in [0.2, 0.25) is 5.91 Å². The normalized spacial score (nSPS) is 14.8. The molecule has 1 amide bonds. The molecule has 0 radical (unpaired) electrons. The van der Waals surface area contributed by atoms with E-state index in [9.17, 15) is 9.59 Å². The number of halogens is 1. The number of nitrogens with one attached hydrogen (secondary N) is 1. The molecule has 1 aliphatic rings. The number of fused-ring (bicyclic) bond motifs is 1. The topological polar surface area (TPSA) is 80.1 Å². The molecule has 156 valence electrons. The lowest BCUT2D eigenvalue weighted by molar-refractivity contribution is -0.125. The molecule has 1 saturated heterocycles. The first-order valence-corrected chi connectivity index (χ1v) is 10.6. The summed E-state index contributed by atoms with van der Waals surface area (Å²) in [5, 5.41) is 3.64. The van der Waals surface area contributed by atoms with Gasteiger partial charge in [-0.1, -0.05) is 29.8 Å². The summed E-state index contributed by atoms with van der Waals surface area (Å²) in [5.74, 6) is 0.378. The fourth-order valence-corrected chi connectivity index (χ4v) is 4.09. The van der Waals surface area contributed by atoms with Crippen LogP contribution in [0.3, 0.4) is 0 Å². The van der Waals surface area contributed by atoms with Crippen LogP contribution in [-0.2, 0) is 17.9 Å². The number of hydrogen-bond acceptors (Lipinski definition) is 5. The van der Waals surface area contributed by atoms with Crippen molar-refractivity contribution >= 4 is 34.5 Å². The van der Waals surface area contributed by atoms with Crippen molar-refractivity contribution in [2.75, 3.05) is 18.0 Å². The molecule has 1 aliphatic heterocycles. The van der Waals surface area contributed by atoms with Gasteiger partial charge in [0.05, 0.1) is 0 Å². The second kappa shape index (κ2) is 8.83. The third-order valence-electron chi connectivity index (χ3n) is 5.58. The standard InChI is InChI=1S/C22H24ClN5O2/c1-2-28-19-18(8-5-11-24-19)26-20(22(28)30)27-12-9-15(10-13-27)21(29)25-14-16-6-3-4-7-17(16)23/h3-8,11,15H,2,9-10,12-14H2,1H3,(H,25,29). The highest BCUT2D eigenvalue weighted by molar-refractivity contribution is 6.31. The van der Waals surface area contributed by atoms with E-state index in [1.807, 2.05) is 48.2 Å². The minimum atomic E-state index is -0.134. The van der Waals surface area contributed by atoms with Gasteiger partial charge in [0.25, 0.3) is 5.56 Å². The van der Waals surface area contributed by atoms with Crippen LogP contribution in [0, 0.1) is 5.92 Å². The molecule has 0 bridgehead atoms. The SMILES string of the molecule is CCn1c(=O)c(N2CCC(C(=O)NCc3ccccc3Cl)CC2)nc2cccnc21. The maximum absolute atomic E-state index is 12.9. The van der Waals surface area contributed by atoms with E-state index in [0.29, 0.717) is 61.0 Å². The molecule has 1 fully saturated rings. The number of carbonyl (C=O) groups excluding carboxylic acids is 1. The lowest BCUT2D eigenvalue weighted by atomic mass is 9.96. The first-order chi connectivity index (χ1) is 14.6. The molecule has 0 saturated carbocycles. The average Bonchev–Trinajstić information content (AvgIpc) is 2.78. The van der Waals surface area contributed by atoms with Gasteiger partial charge >= 0.3 is 0 Å². The number of hydrogen-bond donors (Lipinski definition) is 1. The smallest absolute Gasteiger partial charge is 0.295 e. The van der Waals surface area contributed by atoms with Gasteiger partial charge < -0.3 is 10.2 Å². The van der Waals surface area contributed by atoms with Gasteiger partial charge in [0, 0.05) is 43.3 Å². The second-order valence-corrected chi connectivity index (χ2v) is 7.81. The Labute approximate surface area is 179 Å². The number of pyridine rings is 1. The summed E-state index contributed by atoms with van der Waals surface area (Å²) in [4.78, 5) is 36.4. The zero-order valence-corrected chi connectivity index (χ0v) is 17.6. The molecular formula is C22H24ClN5O2. The maximum atomic E-state index is 12.9. The van der Waals surface area contributed by atoms with Crippen molar-refractivity contribution in [1.82, 2.24) is 19.9 Å². The molecule has 1 aromatic carbocycles. The Hall–Kier alpha value is -2.93. The molecule has 3 heterocycles. The predicted molar refractivity (Wildman–Crippen MR) is 118 cm³/mol. The van der Waals surface area contributed by atoms with Gasteiger partial charge in [0.1, 0.15) is 5.52 Å². The first kappa shape index (κ1) is 20.3. The van der Waals surface area contributed by atoms with Crippen LogP contribution in [0.25, 0.3) is 11.2 Å². The fourth-order valence-electron chi connectivity index (χ4n) is 3.88. The fraction of sp³-hybridized carbons (Fsp3) is 0.364. The molecule has 7 nitrogen and oxygen atoms in total. The van der Waals surface area contributed by atoms with Crippen molar-refractivity contribution in [3.05, 3.63) is 63.5 Å². The molecule has 8 heteroatoms. The second-order valence-electron chi connectivity index (χ2n) is 7.40. The van der Waals surface area contributed by atoms with E-state index in [1.54, 1.807) is 10.8 Å². The maximum Gasteiger partial charge on any atom is 0.295 e. The molecule has 0 spiro atoms. The number of aryl methyl sites for hydroxylation is 1. The number of carbonyl (C=O) groups is 1. The van der Waals surface area contributed by atoms with Crippen LogP contribution >= 0.6 is 11.6 Å². The molecule has 0 unspecified atom stereocenters. The predicted octanol–water partition coefficient (Wildman–Crippen LogP) is 3.00. The van der Waals surface area contributed by atoms with Gasteiger partial charge in [-0.25, -0.2) is 9.97 Å². The molecular weight excluding hydrogens is 402 g/mol. The highest BCUT2D eigenvalue weighted by Gasteiger charge is 2.27. The number of amides is 1. The average molecular weight is 426 g/mol. The highest BCUT2D eigenvalue weighted by atomic mass is 35.5. The summed E-state index contributed by atoms with van der Waals surface area (Å²) < 4.78 is 1.65. The number of rotatable bonds is 5. The Bertz CT molecular complexity index is 1120. The number of benzene rings is 1. The molecule has 0 atom stereocenters. The quantitative estimate of drug-likeness (QED) is 0.679. The summed E-state index contributed by atoms with van der Waals surface area (Å²) >= 11 is 6.16. The zero-order chi connectivity index (χ0) is 21.1. The summed E-state index contributed by atoms with van der Waals surface area (Å²) in [6.07, 6.45) is 3.02. The van der Waals surface area contributed by atoms with Crippen LogP contribution in [0.1, 0.15) is 25.3 Å². The van der Waals surface area contributed by atoms with Gasteiger partial charge in [0.15, 0.2) is 11.5 Å². The van der Waals surface area contributed by atoms with E-state index in [2.05, 4.69) is 15.3 Å². The number of piperidine rings is 1. The zero-order valence-electron chi connectivity index (χ0n) is 16.8. The van der Waals surface area contributed by atoms with Crippen LogP contribution in [0.5, 0.6) is 0 Å². The van der Waals surface area contributed by atoms with Gasteiger partial charge in [-0.2, -0.15) is 0 Å². The van der Waals surface area contributed by atoms with E-state index in [4.69, 9.17) is 11.6 Å². The Balaban J connectivity index is 1.43. The Morgan fingerprint density at radius 1 is 1.20 bits per heavy atom.